The molecule has 2 N–H and O–H groups in total. The molecule has 4 nitrogen and oxygen atoms in total. The topological polar surface area (TPSA) is 50.4 Å². The van der Waals surface area contributed by atoms with Gasteiger partial charge in [-0.25, -0.2) is 0 Å². The van der Waals surface area contributed by atoms with E-state index in [0.29, 0.717) is 17.3 Å². The minimum absolute atomic E-state index is 0.0625. The van der Waals surface area contributed by atoms with Crippen LogP contribution in [-0.2, 0) is 11.3 Å². The fourth-order valence-electron chi connectivity index (χ4n) is 2.62. The quantitative estimate of drug-likeness (QED) is 0.453. The minimum Gasteiger partial charge on any atom is -0.483 e. The summed E-state index contributed by atoms with van der Waals surface area (Å²) in [5.74, 6) is 0.416. The van der Waals surface area contributed by atoms with Gasteiger partial charge < -0.3 is 15.4 Å². The summed E-state index contributed by atoms with van der Waals surface area (Å²) >= 11 is 9.50. The average molecular weight is 460 g/mol. The first-order valence-corrected chi connectivity index (χ1v) is 9.94. The van der Waals surface area contributed by atoms with E-state index < -0.39 is 0 Å². The Labute approximate surface area is 178 Å². The van der Waals surface area contributed by atoms with Gasteiger partial charge in [-0.15, -0.1) is 0 Å². The Kier molecular flexibility index (Phi) is 6.95. The van der Waals surface area contributed by atoms with Crippen LogP contribution in [-0.4, -0.2) is 12.5 Å². The third kappa shape index (κ3) is 5.75. The number of hydrogen-bond donors (Lipinski definition) is 2. The molecule has 0 aromatic heterocycles. The Morgan fingerprint density at radius 2 is 1.89 bits per heavy atom. The molecule has 6 heteroatoms. The molecule has 0 bridgehead atoms. The fourth-order valence-corrected chi connectivity index (χ4v) is 3.35. The lowest BCUT2D eigenvalue weighted by Gasteiger charge is -2.12. The SMILES string of the molecule is Cc1ccccc1NC(=O)COc1ccc(CNc2cccc(Cl)c2)cc1Br. The summed E-state index contributed by atoms with van der Waals surface area (Å²) in [5, 5.41) is 6.87. The maximum Gasteiger partial charge on any atom is 0.262 e. The molecular weight excluding hydrogens is 440 g/mol. The van der Waals surface area contributed by atoms with Gasteiger partial charge >= 0.3 is 0 Å². The van der Waals surface area contributed by atoms with Crippen molar-refractivity contribution in [3.8, 4) is 5.75 Å². The molecule has 0 heterocycles. The lowest BCUT2D eigenvalue weighted by Crippen LogP contribution is -2.20. The van der Waals surface area contributed by atoms with Crippen molar-refractivity contribution < 1.29 is 9.53 Å². The van der Waals surface area contributed by atoms with Crippen LogP contribution in [0, 0.1) is 6.92 Å². The maximum atomic E-state index is 12.1. The van der Waals surface area contributed by atoms with Gasteiger partial charge in [0, 0.05) is 22.9 Å². The molecule has 28 heavy (non-hydrogen) atoms. The molecule has 3 aromatic carbocycles. The van der Waals surface area contributed by atoms with Crippen molar-refractivity contribution in [2.45, 2.75) is 13.5 Å². The normalized spacial score (nSPS) is 10.4. The van der Waals surface area contributed by atoms with Crippen molar-refractivity contribution in [1.29, 1.82) is 0 Å². The standard InChI is InChI=1S/C22H20BrClN2O2/c1-15-5-2-3-8-20(15)26-22(27)14-28-21-10-9-16(11-19(21)23)13-25-18-7-4-6-17(24)12-18/h2-12,25H,13-14H2,1H3,(H,26,27). The zero-order chi connectivity index (χ0) is 19.9. The van der Waals surface area contributed by atoms with Crippen LogP contribution in [0.4, 0.5) is 11.4 Å². The predicted molar refractivity (Wildman–Crippen MR) is 118 cm³/mol. The number of halogens is 2. The molecule has 0 spiro atoms. The molecule has 0 radical (unpaired) electrons. The van der Waals surface area contributed by atoms with Gasteiger partial charge in [-0.2, -0.15) is 0 Å². The van der Waals surface area contributed by atoms with E-state index in [2.05, 4.69) is 26.6 Å². The number of rotatable bonds is 7. The first-order chi connectivity index (χ1) is 13.5. The number of ether oxygens (including phenoxy) is 1. The zero-order valence-electron chi connectivity index (χ0n) is 15.3. The number of aryl methyl sites for hydroxylation is 1. The highest BCUT2D eigenvalue weighted by Gasteiger charge is 2.08. The van der Waals surface area contributed by atoms with Gasteiger partial charge in [-0.1, -0.05) is 41.9 Å². The van der Waals surface area contributed by atoms with Crippen LogP contribution >= 0.6 is 27.5 Å². The smallest absolute Gasteiger partial charge is 0.262 e. The molecule has 0 fully saturated rings. The Morgan fingerprint density at radius 1 is 1.07 bits per heavy atom. The summed E-state index contributed by atoms with van der Waals surface area (Å²) in [6.07, 6.45) is 0. The number of hydrogen-bond acceptors (Lipinski definition) is 3. The summed E-state index contributed by atoms with van der Waals surface area (Å²) in [6, 6.07) is 21.0. The highest BCUT2D eigenvalue weighted by molar-refractivity contribution is 9.10. The summed E-state index contributed by atoms with van der Waals surface area (Å²) in [4.78, 5) is 12.1. The predicted octanol–water partition coefficient (Wildman–Crippen LogP) is 6.04. The number of amides is 1. The third-order valence-corrected chi connectivity index (χ3v) is 4.95. The Hall–Kier alpha value is -2.50. The number of carbonyl (C=O) groups is 1. The van der Waals surface area contributed by atoms with Crippen LogP contribution in [0.5, 0.6) is 5.75 Å². The summed E-state index contributed by atoms with van der Waals surface area (Å²) in [7, 11) is 0. The van der Waals surface area contributed by atoms with Crippen LogP contribution in [0.1, 0.15) is 11.1 Å². The van der Waals surface area contributed by atoms with Crippen molar-refractivity contribution in [1.82, 2.24) is 0 Å². The van der Waals surface area contributed by atoms with Gasteiger partial charge in [-0.3, -0.25) is 4.79 Å². The molecule has 3 rings (SSSR count). The summed E-state index contributed by atoms with van der Waals surface area (Å²) in [5.41, 5.74) is 3.83. The van der Waals surface area contributed by atoms with E-state index in [9.17, 15) is 4.79 Å². The molecular formula is C22H20BrClN2O2. The van der Waals surface area contributed by atoms with E-state index in [1.807, 2.05) is 73.7 Å². The van der Waals surface area contributed by atoms with E-state index in [1.165, 1.54) is 0 Å². The lowest BCUT2D eigenvalue weighted by molar-refractivity contribution is -0.118. The van der Waals surface area contributed by atoms with E-state index in [1.54, 1.807) is 0 Å². The molecule has 1 amide bonds. The first kappa shape index (κ1) is 20.2. The monoisotopic (exact) mass is 458 g/mol. The van der Waals surface area contributed by atoms with Gasteiger partial charge in [0.05, 0.1) is 4.47 Å². The second kappa shape index (κ2) is 9.62. The van der Waals surface area contributed by atoms with Crippen molar-refractivity contribution in [3.63, 3.8) is 0 Å². The van der Waals surface area contributed by atoms with Gasteiger partial charge in [0.25, 0.3) is 5.91 Å². The van der Waals surface area contributed by atoms with E-state index in [4.69, 9.17) is 16.3 Å². The molecule has 0 atom stereocenters. The summed E-state index contributed by atoms with van der Waals surface area (Å²) in [6.45, 7) is 2.53. The second-order valence-corrected chi connectivity index (χ2v) is 7.57. The zero-order valence-corrected chi connectivity index (χ0v) is 17.7. The number of benzene rings is 3. The van der Waals surface area contributed by atoms with Gasteiger partial charge in [0.1, 0.15) is 5.75 Å². The minimum atomic E-state index is -0.201. The van der Waals surface area contributed by atoms with Crippen LogP contribution in [0.3, 0.4) is 0 Å². The molecule has 0 aliphatic carbocycles. The molecule has 0 aliphatic rings. The van der Waals surface area contributed by atoms with Gasteiger partial charge in [-0.05, 0) is 70.4 Å². The highest BCUT2D eigenvalue weighted by atomic mass is 79.9. The van der Waals surface area contributed by atoms with E-state index in [0.717, 1.165) is 27.0 Å². The number of carbonyl (C=O) groups excluding carboxylic acids is 1. The third-order valence-electron chi connectivity index (χ3n) is 4.10. The van der Waals surface area contributed by atoms with Crippen LogP contribution < -0.4 is 15.4 Å². The van der Waals surface area contributed by atoms with Gasteiger partial charge in [0.2, 0.25) is 0 Å². The largest absolute Gasteiger partial charge is 0.483 e. The lowest BCUT2D eigenvalue weighted by atomic mass is 10.2. The van der Waals surface area contributed by atoms with Crippen molar-refractivity contribution in [2.75, 3.05) is 17.2 Å². The number of anilines is 2. The van der Waals surface area contributed by atoms with Crippen molar-refractivity contribution >= 4 is 44.8 Å². The van der Waals surface area contributed by atoms with E-state index in [-0.39, 0.29) is 12.5 Å². The molecule has 0 saturated heterocycles. The van der Waals surface area contributed by atoms with Crippen LogP contribution in [0.15, 0.2) is 71.2 Å². The molecule has 144 valence electrons. The Balaban J connectivity index is 1.54. The Bertz CT molecular complexity index is 978. The Morgan fingerprint density at radius 3 is 2.64 bits per heavy atom. The number of nitrogens with one attached hydrogen (secondary N) is 2. The fraction of sp³-hybridized carbons (Fsp3) is 0.136. The first-order valence-electron chi connectivity index (χ1n) is 8.77. The summed E-state index contributed by atoms with van der Waals surface area (Å²) < 4.78 is 6.44. The molecule has 0 unspecified atom stereocenters. The van der Waals surface area contributed by atoms with Crippen molar-refractivity contribution in [2.24, 2.45) is 0 Å². The van der Waals surface area contributed by atoms with Gasteiger partial charge in [0.15, 0.2) is 6.61 Å². The second-order valence-electron chi connectivity index (χ2n) is 6.28. The molecule has 3 aromatic rings. The van der Waals surface area contributed by atoms with Crippen molar-refractivity contribution in [3.05, 3.63) is 87.4 Å². The molecule has 0 aliphatic heterocycles. The average Bonchev–Trinajstić information content (AvgIpc) is 2.67. The van der Waals surface area contributed by atoms with Crippen LogP contribution in [0.25, 0.3) is 0 Å². The molecule has 0 saturated carbocycles. The maximum absolute atomic E-state index is 12.1. The van der Waals surface area contributed by atoms with Crippen LogP contribution in [0.2, 0.25) is 5.02 Å². The number of para-hydroxylation sites is 1. The van der Waals surface area contributed by atoms with E-state index >= 15 is 0 Å². The highest BCUT2D eigenvalue weighted by Crippen LogP contribution is 2.27.